The molecule has 0 aliphatic carbocycles. The summed E-state index contributed by atoms with van der Waals surface area (Å²) in [6, 6.07) is 8.97. The second-order valence-corrected chi connectivity index (χ2v) is 7.10. The Kier molecular flexibility index (Phi) is 3.54. The van der Waals surface area contributed by atoms with Gasteiger partial charge in [-0.1, -0.05) is 50.1 Å². The van der Waals surface area contributed by atoms with Gasteiger partial charge in [-0.25, -0.2) is 0 Å². The highest BCUT2D eigenvalue weighted by Crippen LogP contribution is 2.36. The molecule has 0 atom stereocenters. The van der Waals surface area contributed by atoms with Gasteiger partial charge in [-0.05, 0) is 12.1 Å². The van der Waals surface area contributed by atoms with Crippen molar-refractivity contribution in [1.29, 1.82) is 0 Å². The van der Waals surface area contributed by atoms with E-state index < -0.39 is 3.23 Å². The first-order valence-electron chi connectivity index (χ1n) is 5.07. The molecule has 1 aliphatic heterocycles. The van der Waals surface area contributed by atoms with Gasteiger partial charge in [0.25, 0.3) is 5.91 Å². The first-order chi connectivity index (χ1) is 8.43. The first kappa shape index (κ1) is 13.2. The number of rotatable bonds is 1. The molecule has 18 heavy (non-hydrogen) atoms. The lowest BCUT2D eigenvalue weighted by atomic mass is 10.3. The van der Waals surface area contributed by atoms with E-state index in [2.05, 4.69) is 42.3 Å². The Labute approximate surface area is 120 Å². The molecule has 0 saturated carbocycles. The molecule has 0 unspecified atom stereocenters. The van der Waals surface area contributed by atoms with E-state index in [0.29, 0.717) is 5.69 Å². The molecule has 0 spiro atoms. The van der Waals surface area contributed by atoms with E-state index >= 15 is 0 Å². The van der Waals surface area contributed by atoms with Crippen LogP contribution >= 0.6 is 31.9 Å². The monoisotopic (exact) mass is 373 g/mol. The molecule has 94 valence electrons. The van der Waals surface area contributed by atoms with E-state index in [1.165, 1.54) is 11.9 Å². The Morgan fingerprint density at radius 3 is 2.50 bits per heavy atom. The van der Waals surface area contributed by atoms with Gasteiger partial charge in [0, 0.05) is 6.92 Å². The van der Waals surface area contributed by atoms with Crippen molar-refractivity contribution in [2.75, 3.05) is 5.01 Å². The predicted molar refractivity (Wildman–Crippen MR) is 75.8 cm³/mol. The number of alkyl halides is 2. The highest BCUT2D eigenvalue weighted by molar-refractivity contribution is 9.26. The van der Waals surface area contributed by atoms with Crippen molar-refractivity contribution in [1.82, 2.24) is 5.32 Å². The number of nitrogens with one attached hydrogen (secondary N) is 1. The molecule has 1 heterocycles. The van der Waals surface area contributed by atoms with Crippen LogP contribution in [0.2, 0.25) is 0 Å². The van der Waals surface area contributed by atoms with Gasteiger partial charge in [0.05, 0.1) is 5.69 Å². The zero-order valence-corrected chi connectivity index (χ0v) is 12.5. The molecule has 0 aromatic heterocycles. The molecular formula is C11H9Br2N3O2. The molecule has 0 fully saturated rings. The smallest absolute Gasteiger partial charge is 0.283 e. The average molecular weight is 375 g/mol. The third-order valence-corrected chi connectivity index (χ3v) is 3.68. The fourth-order valence-corrected chi connectivity index (χ4v) is 2.15. The van der Waals surface area contributed by atoms with Gasteiger partial charge in [0.2, 0.25) is 9.14 Å². The Morgan fingerprint density at radius 2 is 1.94 bits per heavy atom. The van der Waals surface area contributed by atoms with Crippen LogP contribution in [0.4, 0.5) is 5.69 Å². The van der Waals surface area contributed by atoms with Crippen LogP contribution in [0.1, 0.15) is 6.92 Å². The first-order valence-corrected chi connectivity index (χ1v) is 6.65. The maximum atomic E-state index is 12.2. The molecule has 2 amide bonds. The Hall–Kier alpha value is -1.21. The molecule has 2 rings (SSSR count). The number of halogens is 2. The number of hydrazone groups is 1. The zero-order chi connectivity index (χ0) is 13.3. The zero-order valence-electron chi connectivity index (χ0n) is 9.35. The molecule has 7 heteroatoms. The van der Waals surface area contributed by atoms with Gasteiger partial charge in [0.1, 0.15) is 0 Å². The van der Waals surface area contributed by atoms with Crippen molar-refractivity contribution in [2.24, 2.45) is 5.10 Å². The van der Waals surface area contributed by atoms with Crippen LogP contribution in [0.15, 0.2) is 35.4 Å². The molecule has 1 aromatic carbocycles. The van der Waals surface area contributed by atoms with Crippen molar-refractivity contribution >= 4 is 55.2 Å². The van der Waals surface area contributed by atoms with Crippen molar-refractivity contribution in [2.45, 2.75) is 10.2 Å². The van der Waals surface area contributed by atoms with Crippen LogP contribution in [-0.2, 0) is 9.59 Å². The maximum Gasteiger partial charge on any atom is 0.283 e. The summed E-state index contributed by atoms with van der Waals surface area (Å²) in [4.78, 5) is 23.3. The number of carbonyl (C=O) groups is 2. The summed E-state index contributed by atoms with van der Waals surface area (Å²) in [5.74, 6) is -0.402. The van der Waals surface area contributed by atoms with Crippen LogP contribution in [0, 0.1) is 0 Å². The van der Waals surface area contributed by atoms with Crippen molar-refractivity contribution < 1.29 is 9.59 Å². The number of benzene rings is 1. The van der Waals surface area contributed by atoms with Gasteiger partial charge >= 0.3 is 0 Å². The lowest BCUT2D eigenvalue weighted by Crippen LogP contribution is -2.43. The number of hydrogen-bond donors (Lipinski definition) is 1. The highest BCUT2D eigenvalue weighted by atomic mass is 79.9. The van der Waals surface area contributed by atoms with Gasteiger partial charge in [-0.15, -0.1) is 5.10 Å². The number of amides is 2. The Bertz CT molecular complexity index is 528. The van der Waals surface area contributed by atoms with E-state index in [4.69, 9.17) is 0 Å². The highest BCUT2D eigenvalue weighted by Gasteiger charge is 2.48. The third-order valence-electron chi connectivity index (χ3n) is 2.25. The number of para-hydroxylation sites is 1. The largest absolute Gasteiger partial charge is 0.311 e. The molecule has 5 nitrogen and oxygen atoms in total. The fraction of sp³-hybridized carbons (Fsp3) is 0.182. The van der Waals surface area contributed by atoms with Crippen LogP contribution in [0.5, 0.6) is 0 Å². The Balaban J connectivity index is 2.37. The molecule has 0 saturated heterocycles. The number of hydrogen-bond acceptors (Lipinski definition) is 3. The molecule has 1 aliphatic rings. The SMILES string of the molecule is CC(=O)NC1=NN(c2ccccc2)C(=O)C1(Br)Br. The lowest BCUT2D eigenvalue weighted by Gasteiger charge is -2.15. The number of nitrogens with zero attached hydrogens (tertiary/aromatic N) is 2. The summed E-state index contributed by atoms with van der Waals surface area (Å²) in [6.07, 6.45) is 0. The summed E-state index contributed by atoms with van der Waals surface area (Å²) < 4.78 is -1.19. The number of carbonyl (C=O) groups excluding carboxylic acids is 2. The van der Waals surface area contributed by atoms with E-state index in [1.54, 1.807) is 24.3 Å². The third kappa shape index (κ3) is 2.32. The minimum atomic E-state index is -1.19. The quantitative estimate of drug-likeness (QED) is 0.764. The average Bonchev–Trinajstić information content (AvgIpc) is 2.54. The van der Waals surface area contributed by atoms with E-state index in [-0.39, 0.29) is 17.6 Å². The van der Waals surface area contributed by atoms with Gasteiger partial charge in [0.15, 0.2) is 5.84 Å². The summed E-state index contributed by atoms with van der Waals surface area (Å²) in [7, 11) is 0. The topological polar surface area (TPSA) is 61.8 Å². The van der Waals surface area contributed by atoms with Crippen molar-refractivity contribution in [3.63, 3.8) is 0 Å². The number of anilines is 1. The summed E-state index contributed by atoms with van der Waals surface area (Å²) in [5.41, 5.74) is 0.631. The normalized spacial score (nSPS) is 17.6. The summed E-state index contributed by atoms with van der Waals surface area (Å²) in [6.45, 7) is 1.36. The van der Waals surface area contributed by atoms with E-state index in [1.807, 2.05) is 6.07 Å². The van der Waals surface area contributed by atoms with Crippen molar-refractivity contribution in [3.05, 3.63) is 30.3 Å². The van der Waals surface area contributed by atoms with Crippen molar-refractivity contribution in [3.8, 4) is 0 Å². The second kappa shape index (κ2) is 4.81. The van der Waals surface area contributed by atoms with E-state index in [0.717, 1.165) is 0 Å². The summed E-state index contributed by atoms with van der Waals surface area (Å²) >= 11 is 6.44. The molecule has 1 aromatic rings. The molecule has 1 N–H and O–H groups in total. The van der Waals surface area contributed by atoms with Crippen LogP contribution in [0.3, 0.4) is 0 Å². The molecule has 0 bridgehead atoms. The lowest BCUT2D eigenvalue weighted by molar-refractivity contribution is -0.117. The molecule has 0 radical (unpaired) electrons. The standard InChI is InChI=1S/C11H9Br2N3O2/c1-7(17)14-9-11(12,13)10(18)16(15-9)8-5-3-2-4-6-8/h2-6H,1H3,(H,14,15,17). The molecular weight excluding hydrogens is 366 g/mol. The minimum absolute atomic E-state index is 0.212. The Morgan fingerprint density at radius 1 is 1.33 bits per heavy atom. The van der Waals surface area contributed by atoms with Gasteiger partial charge < -0.3 is 5.32 Å². The second-order valence-electron chi connectivity index (χ2n) is 3.66. The maximum absolute atomic E-state index is 12.2. The predicted octanol–water partition coefficient (Wildman–Crippen LogP) is 1.97. The van der Waals surface area contributed by atoms with Gasteiger partial charge in [-0.3, -0.25) is 9.59 Å². The van der Waals surface area contributed by atoms with Crippen LogP contribution in [-0.4, -0.2) is 20.9 Å². The van der Waals surface area contributed by atoms with E-state index in [9.17, 15) is 9.59 Å². The number of amidine groups is 1. The fourth-order valence-electron chi connectivity index (χ4n) is 1.46. The van der Waals surface area contributed by atoms with Crippen LogP contribution in [0.25, 0.3) is 0 Å². The summed E-state index contributed by atoms with van der Waals surface area (Å²) in [5, 5.41) is 7.85. The minimum Gasteiger partial charge on any atom is -0.311 e. The van der Waals surface area contributed by atoms with Crippen LogP contribution < -0.4 is 10.3 Å². The van der Waals surface area contributed by atoms with Gasteiger partial charge in [-0.2, -0.15) is 5.01 Å².